The van der Waals surface area contributed by atoms with Gasteiger partial charge in [-0.2, -0.15) is 5.10 Å². The second kappa shape index (κ2) is 7.49. The van der Waals surface area contributed by atoms with Crippen LogP contribution in [0.4, 0.5) is 5.69 Å². The van der Waals surface area contributed by atoms with E-state index in [0.29, 0.717) is 18.5 Å². The fourth-order valence-electron chi connectivity index (χ4n) is 8.48. The lowest BCUT2D eigenvalue weighted by atomic mass is 9.45. The van der Waals surface area contributed by atoms with E-state index in [-0.39, 0.29) is 41.7 Å². The standard InChI is InChI=1S/C27H31N3O6/c1-25-12-15-14-28-29(17-4-3-5-18(11-17)30(35)36)21(15)10-16(25)6-7-19-20-8-9-27(34,24(32)33)26(20,2)13-22(31)23(19)25/h3-5,10-11,14,19-20,22-23,31,34H,6-9,12-13H2,1-2H3,(H,32,33)/t19?,20?,22-,23?,25-,26-,27-/m0/s1. The molecule has 9 nitrogen and oxygen atoms in total. The van der Waals surface area contributed by atoms with Crippen LogP contribution in [0.3, 0.4) is 0 Å². The first-order valence-electron chi connectivity index (χ1n) is 12.7. The molecule has 2 aromatic rings. The number of hydrogen-bond donors (Lipinski definition) is 3. The molecule has 1 aromatic carbocycles. The van der Waals surface area contributed by atoms with Crippen LogP contribution in [0.15, 0.2) is 36.0 Å². The Hall–Kier alpha value is -3.04. The largest absolute Gasteiger partial charge is 0.479 e. The van der Waals surface area contributed by atoms with Gasteiger partial charge in [0.15, 0.2) is 5.60 Å². The van der Waals surface area contributed by atoms with Crippen molar-refractivity contribution in [1.82, 2.24) is 9.78 Å². The smallest absolute Gasteiger partial charge is 0.336 e. The first-order valence-corrected chi connectivity index (χ1v) is 12.7. The summed E-state index contributed by atoms with van der Waals surface area (Å²) in [5.41, 5.74) is 0.849. The number of allylic oxidation sites excluding steroid dienone is 1. The van der Waals surface area contributed by atoms with Crippen molar-refractivity contribution in [1.29, 1.82) is 0 Å². The van der Waals surface area contributed by atoms with E-state index in [1.807, 2.05) is 13.1 Å². The quantitative estimate of drug-likeness (QED) is 0.437. The highest BCUT2D eigenvalue weighted by atomic mass is 16.6. The Morgan fingerprint density at radius 2 is 2.06 bits per heavy atom. The van der Waals surface area contributed by atoms with Crippen molar-refractivity contribution >= 4 is 17.7 Å². The SMILES string of the molecule is C[C@]12Cc3cnn(-c4cccc([N+](=O)[O-])c4)c3C=C1CCC1C2[C@@H](O)C[C@@]2(C)C1CC[C@]2(O)C(=O)O. The van der Waals surface area contributed by atoms with Crippen molar-refractivity contribution in [2.45, 2.75) is 64.1 Å². The summed E-state index contributed by atoms with van der Waals surface area (Å²) in [6, 6.07) is 6.44. The number of nitro groups is 1. The molecule has 0 saturated heterocycles. The van der Waals surface area contributed by atoms with Gasteiger partial charge >= 0.3 is 5.97 Å². The van der Waals surface area contributed by atoms with E-state index in [1.165, 1.54) is 17.7 Å². The molecule has 6 rings (SSSR count). The molecule has 9 heteroatoms. The lowest BCUT2D eigenvalue weighted by molar-refractivity contribution is -0.384. The predicted octanol–water partition coefficient (Wildman–Crippen LogP) is 3.75. The molecule has 3 fully saturated rings. The summed E-state index contributed by atoms with van der Waals surface area (Å²) in [5, 5.41) is 48.4. The summed E-state index contributed by atoms with van der Waals surface area (Å²) < 4.78 is 1.75. The van der Waals surface area contributed by atoms with Gasteiger partial charge in [-0.15, -0.1) is 0 Å². The van der Waals surface area contributed by atoms with Crippen molar-refractivity contribution < 1.29 is 25.0 Å². The molecule has 7 atom stereocenters. The molecule has 0 aliphatic heterocycles. The highest BCUT2D eigenvalue weighted by molar-refractivity contribution is 5.79. The van der Waals surface area contributed by atoms with Gasteiger partial charge in [0.25, 0.3) is 5.69 Å². The maximum atomic E-state index is 12.1. The van der Waals surface area contributed by atoms with Gasteiger partial charge in [0.2, 0.25) is 0 Å². The molecule has 36 heavy (non-hydrogen) atoms. The monoisotopic (exact) mass is 493 g/mol. The van der Waals surface area contributed by atoms with Crippen LogP contribution in [0.2, 0.25) is 0 Å². The summed E-state index contributed by atoms with van der Waals surface area (Å²) in [5.74, 6) is -1.06. The second-order valence-corrected chi connectivity index (χ2v) is 11.7. The van der Waals surface area contributed by atoms with Crippen LogP contribution < -0.4 is 0 Å². The number of carbonyl (C=O) groups is 1. The third kappa shape index (κ3) is 2.90. The zero-order valence-electron chi connectivity index (χ0n) is 20.4. The zero-order valence-corrected chi connectivity index (χ0v) is 20.4. The molecule has 1 aromatic heterocycles. The first kappa shape index (κ1) is 23.4. The van der Waals surface area contributed by atoms with Crippen LogP contribution in [0.1, 0.15) is 57.2 Å². The molecule has 3 unspecified atom stereocenters. The number of carboxylic acids is 1. The van der Waals surface area contributed by atoms with Crippen LogP contribution in [0.5, 0.6) is 0 Å². The van der Waals surface area contributed by atoms with Gasteiger partial charge < -0.3 is 15.3 Å². The molecule has 0 spiro atoms. The van der Waals surface area contributed by atoms with Gasteiger partial charge in [-0.05, 0) is 79.4 Å². The van der Waals surface area contributed by atoms with Crippen LogP contribution in [-0.4, -0.2) is 47.7 Å². The first-order chi connectivity index (χ1) is 17.0. The van der Waals surface area contributed by atoms with E-state index in [0.717, 1.165) is 24.1 Å². The van der Waals surface area contributed by atoms with Gasteiger partial charge in [0.1, 0.15) is 0 Å². The number of nitrogens with zero attached hydrogens (tertiary/aromatic N) is 3. The highest BCUT2D eigenvalue weighted by Crippen LogP contribution is 2.67. The summed E-state index contributed by atoms with van der Waals surface area (Å²) in [6.45, 7) is 4.06. The van der Waals surface area contributed by atoms with Crippen molar-refractivity contribution in [3.8, 4) is 5.69 Å². The Labute approximate surface area is 208 Å². The van der Waals surface area contributed by atoms with Gasteiger partial charge in [0, 0.05) is 17.5 Å². The van der Waals surface area contributed by atoms with E-state index in [9.17, 15) is 30.2 Å². The summed E-state index contributed by atoms with van der Waals surface area (Å²) in [6.07, 6.45) is 6.72. The predicted molar refractivity (Wildman–Crippen MR) is 130 cm³/mol. The molecule has 4 aliphatic rings. The van der Waals surface area contributed by atoms with Gasteiger partial charge in [-0.25, -0.2) is 9.48 Å². The Balaban J connectivity index is 1.37. The van der Waals surface area contributed by atoms with Gasteiger partial charge in [-0.3, -0.25) is 10.1 Å². The number of carboxylic acid groups (broad SMARTS) is 1. The normalized spacial score (nSPS) is 38.8. The van der Waals surface area contributed by atoms with Gasteiger partial charge in [0.05, 0.1) is 28.6 Å². The Bertz CT molecular complexity index is 1320. The molecule has 1 heterocycles. The van der Waals surface area contributed by atoms with E-state index in [2.05, 4.69) is 18.1 Å². The molecular formula is C27H31N3O6. The number of fused-ring (bicyclic) bond motifs is 6. The third-order valence-corrected chi connectivity index (χ3v) is 10.2. The molecule has 3 saturated carbocycles. The Morgan fingerprint density at radius 1 is 1.28 bits per heavy atom. The van der Waals surface area contributed by atoms with E-state index < -0.39 is 28.0 Å². The van der Waals surface area contributed by atoms with Crippen molar-refractivity contribution in [3.63, 3.8) is 0 Å². The minimum Gasteiger partial charge on any atom is -0.479 e. The molecule has 4 aliphatic carbocycles. The van der Waals surface area contributed by atoms with Crippen molar-refractivity contribution in [2.75, 3.05) is 0 Å². The molecule has 3 N–H and O–H groups in total. The molecule has 190 valence electrons. The number of aliphatic carboxylic acids is 1. The maximum absolute atomic E-state index is 12.1. The van der Waals surface area contributed by atoms with Crippen molar-refractivity contribution in [3.05, 3.63) is 57.4 Å². The Kier molecular flexibility index (Phi) is 4.86. The van der Waals surface area contributed by atoms with E-state index in [1.54, 1.807) is 16.8 Å². The van der Waals surface area contributed by atoms with Crippen LogP contribution >= 0.6 is 0 Å². The van der Waals surface area contributed by atoms with E-state index >= 15 is 0 Å². The number of aliphatic hydroxyl groups excluding tert-OH is 1. The lowest BCUT2D eigenvalue weighted by Gasteiger charge is -2.60. The Morgan fingerprint density at radius 3 is 2.78 bits per heavy atom. The fourth-order valence-corrected chi connectivity index (χ4v) is 8.48. The summed E-state index contributed by atoms with van der Waals surface area (Å²) in [7, 11) is 0. The molecule has 0 amide bonds. The average molecular weight is 494 g/mol. The fraction of sp³-hybridized carbons (Fsp3) is 0.556. The molecular weight excluding hydrogens is 462 g/mol. The maximum Gasteiger partial charge on any atom is 0.336 e. The van der Waals surface area contributed by atoms with Crippen LogP contribution in [0, 0.1) is 38.7 Å². The average Bonchev–Trinajstić information content (AvgIpc) is 3.35. The topological polar surface area (TPSA) is 139 Å². The summed E-state index contributed by atoms with van der Waals surface area (Å²) >= 11 is 0. The number of aromatic nitrogens is 2. The molecule has 0 bridgehead atoms. The number of hydrogen-bond acceptors (Lipinski definition) is 6. The minimum atomic E-state index is -1.81. The molecule has 0 radical (unpaired) electrons. The zero-order chi connectivity index (χ0) is 25.6. The number of rotatable bonds is 3. The van der Waals surface area contributed by atoms with Gasteiger partial charge in [-0.1, -0.05) is 25.5 Å². The van der Waals surface area contributed by atoms with Crippen LogP contribution in [-0.2, 0) is 11.2 Å². The second-order valence-electron chi connectivity index (χ2n) is 11.7. The van der Waals surface area contributed by atoms with E-state index in [4.69, 9.17) is 0 Å². The number of aliphatic hydroxyl groups is 2. The number of nitro benzene ring substituents is 1. The highest BCUT2D eigenvalue weighted by Gasteiger charge is 2.68. The third-order valence-electron chi connectivity index (χ3n) is 10.2. The minimum absolute atomic E-state index is 0.0109. The summed E-state index contributed by atoms with van der Waals surface area (Å²) in [4.78, 5) is 22.9. The number of benzene rings is 1. The number of non-ortho nitro benzene ring substituents is 1. The van der Waals surface area contributed by atoms with Crippen molar-refractivity contribution in [2.24, 2.45) is 28.6 Å². The lowest BCUT2D eigenvalue weighted by Crippen LogP contribution is -2.61. The van der Waals surface area contributed by atoms with Crippen LogP contribution in [0.25, 0.3) is 11.8 Å².